The van der Waals surface area contributed by atoms with Crippen LogP contribution in [0.25, 0.3) is 0 Å². The van der Waals surface area contributed by atoms with E-state index in [-0.39, 0.29) is 17.9 Å². The van der Waals surface area contributed by atoms with E-state index in [1.54, 1.807) is 30.3 Å². The second-order valence-electron chi connectivity index (χ2n) is 5.39. The minimum atomic E-state index is -0.258. The van der Waals surface area contributed by atoms with Gasteiger partial charge < -0.3 is 10.1 Å². The van der Waals surface area contributed by atoms with Crippen molar-refractivity contribution in [1.82, 2.24) is 25.3 Å². The summed E-state index contributed by atoms with van der Waals surface area (Å²) < 4.78 is 7.40. The summed E-state index contributed by atoms with van der Waals surface area (Å²) in [6.07, 6.45) is 6.58. The Hall–Kier alpha value is -1.86. The molecule has 2 aromatic heterocycles. The van der Waals surface area contributed by atoms with Crippen LogP contribution >= 0.6 is 11.6 Å². The van der Waals surface area contributed by atoms with Gasteiger partial charge in [-0.3, -0.25) is 14.6 Å². The van der Waals surface area contributed by atoms with Crippen molar-refractivity contribution in [3.63, 3.8) is 0 Å². The quantitative estimate of drug-likeness (QED) is 0.894. The lowest BCUT2D eigenvalue weighted by atomic mass is 9.90. The van der Waals surface area contributed by atoms with Crippen molar-refractivity contribution in [2.24, 2.45) is 13.0 Å². The van der Waals surface area contributed by atoms with Crippen LogP contribution in [0.2, 0.25) is 5.02 Å². The molecule has 2 aromatic rings. The third kappa shape index (κ3) is 3.15. The molecule has 0 spiro atoms. The first-order valence-corrected chi connectivity index (χ1v) is 7.59. The van der Waals surface area contributed by atoms with Crippen LogP contribution in [-0.2, 0) is 23.1 Å². The molecule has 0 unspecified atom stereocenters. The van der Waals surface area contributed by atoms with Crippen LogP contribution in [0, 0.1) is 5.92 Å². The zero-order valence-corrected chi connectivity index (χ0v) is 13.0. The number of ether oxygens (including phenoxy) is 1. The van der Waals surface area contributed by atoms with Gasteiger partial charge in [0.25, 0.3) is 0 Å². The molecule has 3 heterocycles. The molecule has 0 aromatic carbocycles. The van der Waals surface area contributed by atoms with Gasteiger partial charge in [-0.2, -0.15) is 10.2 Å². The van der Waals surface area contributed by atoms with E-state index in [9.17, 15) is 4.79 Å². The van der Waals surface area contributed by atoms with Gasteiger partial charge in [0.05, 0.1) is 29.8 Å². The van der Waals surface area contributed by atoms with Gasteiger partial charge >= 0.3 is 0 Å². The number of amides is 1. The summed E-state index contributed by atoms with van der Waals surface area (Å²) in [5.41, 5.74) is 1.56. The Balaban J connectivity index is 1.66. The molecule has 0 bridgehead atoms. The predicted molar refractivity (Wildman–Crippen MR) is 80.1 cm³/mol. The van der Waals surface area contributed by atoms with Gasteiger partial charge in [-0.05, 0) is 12.8 Å². The number of nitrogens with zero attached hydrogens (tertiary/aromatic N) is 3. The van der Waals surface area contributed by atoms with E-state index in [1.807, 2.05) is 0 Å². The number of aryl methyl sites for hydroxylation is 1. The van der Waals surface area contributed by atoms with E-state index in [2.05, 4.69) is 20.6 Å². The van der Waals surface area contributed by atoms with Gasteiger partial charge in [0.2, 0.25) is 5.91 Å². The number of aromatic nitrogens is 4. The molecular weight excluding hydrogens is 306 g/mol. The highest BCUT2D eigenvalue weighted by atomic mass is 35.5. The smallest absolute Gasteiger partial charge is 0.226 e. The van der Waals surface area contributed by atoms with Crippen molar-refractivity contribution >= 4 is 17.5 Å². The molecule has 2 N–H and O–H groups in total. The number of H-pyrrole nitrogens is 1. The van der Waals surface area contributed by atoms with Crippen molar-refractivity contribution in [1.29, 1.82) is 0 Å². The minimum absolute atomic E-state index is 0.0485. The number of rotatable bonds is 4. The maximum Gasteiger partial charge on any atom is 0.226 e. The number of hydrogen-bond donors (Lipinski definition) is 2. The number of halogens is 1. The summed E-state index contributed by atoms with van der Waals surface area (Å²) in [6.45, 7) is 0.971. The highest BCUT2D eigenvalue weighted by Crippen LogP contribution is 2.33. The van der Waals surface area contributed by atoms with E-state index in [0.29, 0.717) is 23.9 Å². The number of hydrogen-bond acceptors (Lipinski definition) is 4. The molecule has 8 heteroatoms. The molecule has 3 rings (SSSR count). The van der Waals surface area contributed by atoms with E-state index in [0.717, 1.165) is 18.4 Å². The minimum Gasteiger partial charge on any atom is -0.373 e. The van der Waals surface area contributed by atoms with E-state index >= 15 is 0 Å². The Morgan fingerprint density at radius 2 is 2.50 bits per heavy atom. The third-order valence-corrected chi connectivity index (χ3v) is 4.11. The first-order valence-electron chi connectivity index (χ1n) is 7.21. The van der Waals surface area contributed by atoms with Gasteiger partial charge in [0.1, 0.15) is 5.69 Å². The molecule has 1 amide bonds. The first kappa shape index (κ1) is 15.1. The molecule has 1 fully saturated rings. The van der Waals surface area contributed by atoms with Gasteiger partial charge in [-0.25, -0.2) is 0 Å². The topological polar surface area (TPSA) is 84.8 Å². The summed E-state index contributed by atoms with van der Waals surface area (Å²) in [4.78, 5) is 12.5. The third-order valence-electron chi connectivity index (χ3n) is 3.79. The van der Waals surface area contributed by atoms with Crippen molar-refractivity contribution in [2.75, 3.05) is 6.61 Å². The lowest BCUT2D eigenvalue weighted by molar-refractivity contribution is -0.134. The monoisotopic (exact) mass is 323 g/mol. The van der Waals surface area contributed by atoms with Crippen LogP contribution in [0.5, 0.6) is 0 Å². The lowest BCUT2D eigenvalue weighted by Crippen LogP contribution is -2.37. The summed E-state index contributed by atoms with van der Waals surface area (Å²) in [7, 11) is 1.79. The Bertz CT molecular complexity index is 640. The molecule has 0 aliphatic carbocycles. The van der Waals surface area contributed by atoms with Crippen molar-refractivity contribution < 1.29 is 9.53 Å². The van der Waals surface area contributed by atoms with Gasteiger partial charge in [0, 0.05) is 31.6 Å². The fraction of sp³-hybridized carbons (Fsp3) is 0.500. The maximum atomic E-state index is 12.5. The molecule has 1 aliphatic heterocycles. The van der Waals surface area contributed by atoms with Crippen LogP contribution < -0.4 is 5.32 Å². The number of nitrogens with one attached hydrogen (secondary N) is 2. The molecule has 1 saturated heterocycles. The van der Waals surface area contributed by atoms with E-state index < -0.39 is 0 Å². The Morgan fingerprint density at radius 1 is 1.64 bits per heavy atom. The van der Waals surface area contributed by atoms with Crippen LogP contribution in [0.1, 0.15) is 30.2 Å². The Morgan fingerprint density at radius 3 is 3.18 bits per heavy atom. The van der Waals surface area contributed by atoms with Crippen LogP contribution in [-0.4, -0.2) is 32.5 Å². The zero-order chi connectivity index (χ0) is 15.5. The standard InChI is InChI=1S/C14H18ClN5O2/c1-20-8-11(15)12(19-20)7-16-14(21)10-3-2-4-22-13(10)9-5-17-18-6-9/h5-6,8,10,13H,2-4,7H2,1H3,(H,16,21)(H,17,18)/t10-,13+/m1/s1. The highest BCUT2D eigenvalue weighted by Gasteiger charge is 2.33. The molecule has 7 nitrogen and oxygen atoms in total. The largest absolute Gasteiger partial charge is 0.373 e. The molecule has 118 valence electrons. The summed E-state index contributed by atoms with van der Waals surface area (Å²) in [5, 5.41) is 14.4. The van der Waals surface area contributed by atoms with E-state index in [4.69, 9.17) is 16.3 Å². The molecule has 0 saturated carbocycles. The fourth-order valence-corrected chi connectivity index (χ4v) is 2.97. The van der Waals surface area contributed by atoms with E-state index in [1.165, 1.54) is 0 Å². The first-order chi connectivity index (χ1) is 10.6. The summed E-state index contributed by atoms with van der Waals surface area (Å²) in [6, 6.07) is 0. The average molecular weight is 324 g/mol. The van der Waals surface area contributed by atoms with Gasteiger partial charge in [-0.1, -0.05) is 11.6 Å². The number of aromatic amines is 1. The highest BCUT2D eigenvalue weighted by molar-refractivity contribution is 6.31. The van der Waals surface area contributed by atoms with Gasteiger partial charge in [0.15, 0.2) is 0 Å². The Kier molecular flexibility index (Phi) is 4.44. The SMILES string of the molecule is Cn1cc(Cl)c(CNC(=O)[C@@H]2CCCO[C@H]2c2cn[nH]c2)n1. The van der Waals surface area contributed by atoms with Crippen LogP contribution in [0.15, 0.2) is 18.6 Å². The normalized spacial score (nSPS) is 21.7. The van der Waals surface area contributed by atoms with Crippen molar-refractivity contribution in [2.45, 2.75) is 25.5 Å². The molecule has 2 atom stereocenters. The second-order valence-corrected chi connectivity index (χ2v) is 5.79. The van der Waals surface area contributed by atoms with Crippen molar-refractivity contribution in [3.05, 3.63) is 34.9 Å². The molecular formula is C14H18ClN5O2. The maximum absolute atomic E-state index is 12.5. The lowest BCUT2D eigenvalue weighted by Gasteiger charge is -2.30. The molecule has 1 aliphatic rings. The Labute approximate surface area is 133 Å². The fourth-order valence-electron chi connectivity index (χ4n) is 2.72. The van der Waals surface area contributed by atoms with Gasteiger partial charge in [-0.15, -0.1) is 0 Å². The van der Waals surface area contributed by atoms with Crippen LogP contribution in [0.3, 0.4) is 0 Å². The second kappa shape index (κ2) is 6.50. The van der Waals surface area contributed by atoms with Crippen LogP contribution in [0.4, 0.5) is 0 Å². The summed E-state index contributed by atoms with van der Waals surface area (Å²) >= 11 is 6.05. The molecule has 22 heavy (non-hydrogen) atoms. The average Bonchev–Trinajstić information content (AvgIpc) is 3.14. The number of carbonyl (C=O) groups is 1. The molecule has 0 radical (unpaired) electrons. The predicted octanol–water partition coefficient (Wildman–Crippen LogP) is 1.58. The van der Waals surface area contributed by atoms with Crippen molar-refractivity contribution in [3.8, 4) is 0 Å². The number of carbonyl (C=O) groups excluding carboxylic acids is 1. The summed E-state index contributed by atoms with van der Waals surface area (Å²) in [5.74, 6) is -0.276. The zero-order valence-electron chi connectivity index (χ0n) is 12.3.